The van der Waals surface area contributed by atoms with Crippen molar-refractivity contribution in [3.8, 4) is 11.8 Å². The van der Waals surface area contributed by atoms with E-state index in [0.717, 1.165) is 30.5 Å². The van der Waals surface area contributed by atoms with E-state index in [1.807, 2.05) is 0 Å². The molecule has 6 heteroatoms. The molecule has 0 aromatic heterocycles. The number of hydrogen-bond donors (Lipinski definition) is 4. The maximum absolute atomic E-state index is 10.4. The number of carboxylic acid groups (broad SMARTS) is 1. The number of fused-ring (bicyclic) bond motifs is 1. The second-order valence-electron chi connectivity index (χ2n) is 6.20. The van der Waals surface area contributed by atoms with Crippen LogP contribution in [0.2, 0.25) is 0 Å². The second-order valence-corrected chi connectivity index (χ2v) is 6.20. The molecule has 0 aromatic carbocycles. The van der Waals surface area contributed by atoms with E-state index in [2.05, 4.69) is 24.2 Å². The molecule has 23 heavy (non-hydrogen) atoms. The Kier molecular flexibility index (Phi) is 6.46. The summed E-state index contributed by atoms with van der Waals surface area (Å²) in [7, 11) is 0. The molecule has 1 saturated carbocycles. The summed E-state index contributed by atoms with van der Waals surface area (Å²) in [5.74, 6) is 4.72. The molecule has 0 amide bonds. The molecule has 0 radical (unpaired) electrons. The molecule has 2 rings (SSSR count). The van der Waals surface area contributed by atoms with Crippen molar-refractivity contribution >= 4 is 5.97 Å². The van der Waals surface area contributed by atoms with Gasteiger partial charge in [0, 0.05) is 11.6 Å². The summed E-state index contributed by atoms with van der Waals surface area (Å²) >= 11 is 0. The van der Waals surface area contributed by atoms with Gasteiger partial charge in [-0.15, -0.1) is 0 Å². The van der Waals surface area contributed by atoms with Gasteiger partial charge in [-0.1, -0.05) is 31.6 Å². The molecular formula is C17H25NO5. The average Bonchev–Trinajstić information content (AvgIpc) is 2.73. The molecular weight excluding hydrogens is 298 g/mol. The molecule has 4 atom stereocenters. The topological polar surface area (TPSA) is 99.0 Å². The van der Waals surface area contributed by atoms with Crippen molar-refractivity contribution in [1.29, 1.82) is 0 Å². The van der Waals surface area contributed by atoms with Crippen molar-refractivity contribution in [2.45, 2.75) is 57.7 Å². The Morgan fingerprint density at radius 1 is 1.43 bits per heavy atom. The van der Waals surface area contributed by atoms with Crippen LogP contribution in [0, 0.1) is 23.7 Å². The summed E-state index contributed by atoms with van der Waals surface area (Å²) in [5.41, 5.74) is 4.56. The van der Waals surface area contributed by atoms with Crippen LogP contribution in [0.25, 0.3) is 0 Å². The zero-order valence-electron chi connectivity index (χ0n) is 13.4. The lowest BCUT2D eigenvalue weighted by molar-refractivity contribution is -0.144. The highest BCUT2D eigenvalue weighted by molar-refractivity contribution is 5.67. The normalized spacial score (nSPS) is 26.8. The summed E-state index contributed by atoms with van der Waals surface area (Å²) in [5, 5.41) is 28.6. The van der Waals surface area contributed by atoms with Crippen LogP contribution in [-0.4, -0.2) is 40.1 Å². The SMILES string of the molecule is CCCCCC(O)C#CC1CC2=C(NOCC(=O)O)CC2C1O. The number of allylic oxidation sites excluding steroid dienone is 1. The van der Waals surface area contributed by atoms with Crippen molar-refractivity contribution in [2.24, 2.45) is 11.8 Å². The maximum atomic E-state index is 10.4. The third-order valence-corrected chi connectivity index (χ3v) is 4.43. The number of rotatable bonds is 8. The minimum Gasteiger partial charge on any atom is -0.479 e. The molecule has 2 aliphatic rings. The molecule has 0 bridgehead atoms. The number of aliphatic hydroxyl groups excluding tert-OH is 2. The summed E-state index contributed by atoms with van der Waals surface area (Å²) in [4.78, 5) is 15.3. The van der Waals surface area contributed by atoms with Crippen LogP contribution in [0.4, 0.5) is 0 Å². The number of nitrogens with one attached hydrogen (secondary N) is 1. The Morgan fingerprint density at radius 2 is 2.22 bits per heavy atom. The van der Waals surface area contributed by atoms with Crippen LogP contribution in [0.15, 0.2) is 11.3 Å². The van der Waals surface area contributed by atoms with Crippen LogP contribution >= 0.6 is 0 Å². The van der Waals surface area contributed by atoms with Gasteiger partial charge in [-0.3, -0.25) is 10.3 Å². The highest BCUT2D eigenvalue weighted by atomic mass is 16.7. The molecule has 0 aliphatic heterocycles. The average molecular weight is 323 g/mol. The molecule has 2 aliphatic carbocycles. The van der Waals surface area contributed by atoms with Crippen LogP contribution in [0.3, 0.4) is 0 Å². The largest absolute Gasteiger partial charge is 0.479 e. The lowest BCUT2D eigenvalue weighted by Crippen LogP contribution is -2.32. The van der Waals surface area contributed by atoms with Gasteiger partial charge in [-0.05, 0) is 31.3 Å². The van der Waals surface area contributed by atoms with Gasteiger partial charge in [0.05, 0.1) is 12.0 Å². The number of carboxylic acids is 1. The molecule has 4 unspecified atom stereocenters. The standard InChI is InChI=1S/C17H25NO5/c1-2-3-4-5-12(19)7-6-11-8-13-14(17(11)22)9-15(13)18-23-10-16(20)21/h11-12,14,17-19,22H,2-5,8-10H2,1H3,(H,20,21). The van der Waals surface area contributed by atoms with E-state index >= 15 is 0 Å². The minimum atomic E-state index is -1.04. The van der Waals surface area contributed by atoms with E-state index in [1.54, 1.807) is 0 Å². The van der Waals surface area contributed by atoms with Crippen LogP contribution in [0.5, 0.6) is 0 Å². The molecule has 0 aromatic rings. The molecule has 0 saturated heterocycles. The van der Waals surface area contributed by atoms with Crippen LogP contribution < -0.4 is 5.48 Å². The van der Waals surface area contributed by atoms with E-state index in [4.69, 9.17) is 9.94 Å². The van der Waals surface area contributed by atoms with E-state index in [-0.39, 0.29) is 11.8 Å². The van der Waals surface area contributed by atoms with Crippen LogP contribution in [0.1, 0.15) is 45.4 Å². The number of carbonyl (C=O) groups is 1. The van der Waals surface area contributed by atoms with Crippen LogP contribution in [-0.2, 0) is 9.63 Å². The first-order chi connectivity index (χ1) is 11.0. The number of hydroxylamine groups is 1. The van der Waals surface area contributed by atoms with Gasteiger partial charge in [0.1, 0.15) is 6.10 Å². The molecule has 6 nitrogen and oxygen atoms in total. The molecule has 128 valence electrons. The quantitative estimate of drug-likeness (QED) is 0.304. The third-order valence-electron chi connectivity index (χ3n) is 4.43. The van der Waals surface area contributed by atoms with Crippen molar-refractivity contribution in [1.82, 2.24) is 5.48 Å². The molecule has 0 spiro atoms. The Morgan fingerprint density at radius 3 is 2.91 bits per heavy atom. The number of unbranched alkanes of at least 4 members (excludes halogenated alkanes) is 2. The van der Waals surface area contributed by atoms with E-state index < -0.39 is 24.8 Å². The summed E-state index contributed by atoms with van der Waals surface area (Å²) in [6, 6.07) is 0. The number of hydrogen-bond acceptors (Lipinski definition) is 5. The zero-order chi connectivity index (χ0) is 16.8. The third kappa shape index (κ3) is 4.71. The van der Waals surface area contributed by atoms with E-state index in [9.17, 15) is 15.0 Å². The Bertz CT molecular complexity index is 519. The Labute approximate surface area is 136 Å². The summed E-state index contributed by atoms with van der Waals surface area (Å²) in [6.07, 6.45) is 3.96. The number of aliphatic carboxylic acids is 1. The lowest BCUT2D eigenvalue weighted by atomic mass is 9.83. The first-order valence-electron chi connectivity index (χ1n) is 8.21. The number of aliphatic hydroxyl groups is 2. The van der Waals surface area contributed by atoms with Gasteiger partial charge in [-0.2, -0.15) is 0 Å². The zero-order valence-corrected chi connectivity index (χ0v) is 13.4. The monoisotopic (exact) mass is 323 g/mol. The highest BCUT2D eigenvalue weighted by Gasteiger charge is 2.45. The molecule has 1 fully saturated rings. The second kappa shape index (κ2) is 8.34. The fourth-order valence-corrected chi connectivity index (χ4v) is 3.10. The van der Waals surface area contributed by atoms with Gasteiger partial charge < -0.3 is 15.3 Å². The van der Waals surface area contributed by atoms with Crippen molar-refractivity contribution in [3.63, 3.8) is 0 Å². The van der Waals surface area contributed by atoms with E-state index in [0.29, 0.717) is 19.3 Å². The van der Waals surface area contributed by atoms with Gasteiger partial charge in [-0.25, -0.2) is 4.79 Å². The predicted octanol–water partition coefficient (Wildman–Crippen LogP) is 1.19. The smallest absolute Gasteiger partial charge is 0.332 e. The van der Waals surface area contributed by atoms with Gasteiger partial charge in [0.25, 0.3) is 0 Å². The fraction of sp³-hybridized carbons (Fsp3) is 0.706. The van der Waals surface area contributed by atoms with Gasteiger partial charge in [0.15, 0.2) is 6.61 Å². The highest BCUT2D eigenvalue weighted by Crippen LogP contribution is 2.48. The molecule has 4 N–H and O–H groups in total. The van der Waals surface area contributed by atoms with Crippen molar-refractivity contribution in [3.05, 3.63) is 11.3 Å². The Balaban J connectivity index is 1.83. The minimum absolute atomic E-state index is 0.0717. The maximum Gasteiger partial charge on any atom is 0.332 e. The van der Waals surface area contributed by atoms with Gasteiger partial charge >= 0.3 is 5.97 Å². The first kappa shape index (κ1) is 17.8. The van der Waals surface area contributed by atoms with Crippen molar-refractivity contribution < 1.29 is 25.0 Å². The fourth-order valence-electron chi connectivity index (χ4n) is 3.10. The van der Waals surface area contributed by atoms with Gasteiger partial charge in [0.2, 0.25) is 0 Å². The summed E-state index contributed by atoms with van der Waals surface area (Å²) in [6.45, 7) is 1.71. The summed E-state index contributed by atoms with van der Waals surface area (Å²) < 4.78 is 0. The Hall–Kier alpha value is -1.55. The predicted molar refractivity (Wildman–Crippen MR) is 83.9 cm³/mol. The van der Waals surface area contributed by atoms with Crippen molar-refractivity contribution in [2.75, 3.05) is 6.61 Å². The molecule has 0 heterocycles. The first-order valence-corrected chi connectivity index (χ1v) is 8.21. The van der Waals surface area contributed by atoms with E-state index in [1.165, 1.54) is 0 Å². The lowest BCUT2D eigenvalue weighted by Gasteiger charge is -2.30.